The van der Waals surface area contributed by atoms with Crippen LogP contribution in [0, 0.1) is 0 Å². The van der Waals surface area contributed by atoms with Crippen LogP contribution in [0.15, 0.2) is 146 Å². The summed E-state index contributed by atoms with van der Waals surface area (Å²) < 4.78 is 16.7. The van der Waals surface area contributed by atoms with Gasteiger partial charge in [0.1, 0.15) is 13.2 Å². The predicted molar refractivity (Wildman–Crippen MR) is 325 cm³/mol. The van der Waals surface area contributed by atoms with E-state index < -0.39 is 6.10 Å². The van der Waals surface area contributed by atoms with E-state index >= 15 is 0 Å². The summed E-state index contributed by atoms with van der Waals surface area (Å²) in [4.78, 5) is 38.0. The van der Waals surface area contributed by atoms with Crippen molar-refractivity contribution in [1.82, 2.24) is 0 Å². The van der Waals surface area contributed by atoms with Gasteiger partial charge in [-0.3, -0.25) is 14.4 Å². The monoisotopic (exact) mass is 1030 g/mol. The third-order valence-corrected chi connectivity index (χ3v) is 12.3. The summed E-state index contributed by atoms with van der Waals surface area (Å²) >= 11 is 0. The second-order valence-corrected chi connectivity index (χ2v) is 19.5. The predicted octanol–water partition coefficient (Wildman–Crippen LogP) is 20.8. The van der Waals surface area contributed by atoms with Crippen LogP contribution in [0.5, 0.6) is 0 Å². The quantitative estimate of drug-likeness (QED) is 0.0261. The number of unbranched alkanes of at least 4 members (excludes halogenated alkanes) is 18. The Morgan fingerprint density at radius 3 is 0.867 bits per heavy atom. The molecule has 0 amide bonds. The molecule has 0 aromatic rings. The molecule has 0 aliphatic rings. The van der Waals surface area contributed by atoms with E-state index in [-0.39, 0.29) is 37.5 Å². The highest BCUT2D eigenvalue weighted by molar-refractivity contribution is 5.71. The van der Waals surface area contributed by atoms with E-state index in [1.807, 2.05) is 0 Å². The Kier molecular flexibility index (Phi) is 58.0. The molecule has 422 valence electrons. The van der Waals surface area contributed by atoms with Gasteiger partial charge in [0.05, 0.1) is 0 Å². The van der Waals surface area contributed by atoms with Gasteiger partial charge in [0.25, 0.3) is 0 Å². The molecule has 75 heavy (non-hydrogen) atoms. The number of esters is 3. The molecule has 0 N–H and O–H groups in total. The molecule has 0 heterocycles. The molecule has 0 bridgehead atoms. The molecular formula is C69H110O6. The number of carbonyl (C=O) groups is 3. The highest BCUT2D eigenvalue weighted by Crippen LogP contribution is 2.13. The average Bonchev–Trinajstić information content (AvgIpc) is 3.41. The zero-order chi connectivity index (χ0) is 54.3. The van der Waals surface area contributed by atoms with Crippen molar-refractivity contribution in [2.45, 2.75) is 258 Å². The molecule has 1 unspecified atom stereocenters. The summed E-state index contributed by atoms with van der Waals surface area (Å²) in [6, 6.07) is 0. The number of hydrogen-bond donors (Lipinski definition) is 0. The lowest BCUT2D eigenvalue weighted by atomic mass is 10.1. The fourth-order valence-corrected chi connectivity index (χ4v) is 7.80. The zero-order valence-electron chi connectivity index (χ0n) is 48.3. The highest BCUT2D eigenvalue weighted by Gasteiger charge is 2.19. The Morgan fingerprint density at radius 1 is 0.280 bits per heavy atom. The lowest BCUT2D eigenvalue weighted by Gasteiger charge is -2.18. The Hall–Kier alpha value is -4.71. The lowest BCUT2D eigenvalue weighted by Crippen LogP contribution is -2.30. The van der Waals surface area contributed by atoms with Crippen LogP contribution < -0.4 is 0 Å². The van der Waals surface area contributed by atoms with Gasteiger partial charge in [0, 0.05) is 19.3 Å². The molecule has 0 aromatic carbocycles. The fourth-order valence-electron chi connectivity index (χ4n) is 7.80. The first-order valence-corrected chi connectivity index (χ1v) is 30.3. The van der Waals surface area contributed by atoms with E-state index in [9.17, 15) is 14.4 Å². The number of allylic oxidation sites excluding steroid dienone is 24. The van der Waals surface area contributed by atoms with Crippen molar-refractivity contribution < 1.29 is 28.6 Å². The lowest BCUT2D eigenvalue weighted by molar-refractivity contribution is -0.167. The maximum Gasteiger partial charge on any atom is 0.306 e. The standard InChI is InChI=1S/C69H110O6/c1-4-7-10-13-16-18-20-22-24-26-28-30-31-32-33-34-35-36-37-39-40-42-44-46-48-50-53-56-59-62-68(71)74-65-66(64-73-67(70)61-58-55-52-15-12-9-6-3)75-69(72)63-60-57-54-51-49-47-45-43-41-38-29-27-25-23-21-19-17-14-11-8-5-2/h7,10,16,18,21-24,27-30,32-33,35-36,39-41,43-44,46,50,53,66H,4-6,8-9,11-15,17,19-20,25-26,31,34,37-38,42,45,47-49,51-52,54-65H2,1-3H3/b10-7-,18-16-,23-21-,24-22-,29-27-,30-28-,33-32-,36-35-,40-39-,43-41-,46-44-,53-50-. The second-order valence-electron chi connectivity index (χ2n) is 19.5. The van der Waals surface area contributed by atoms with E-state index in [4.69, 9.17) is 14.2 Å². The number of ether oxygens (including phenoxy) is 3. The molecule has 6 heteroatoms. The maximum absolute atomic E-state index is 12.8. The minimum absolute atomic E-state index is 0.106. The molecule has 0 spiro atoms. The molecule has 1 atom stereocenters. The Morgan fingerprint density at radius 2 is 0.533 bits per heavy atom. The van der Waals surface area contributed by atoms with Crippen LogP contribution in [0.2, 0.25) is 0 Å². The Labute approximate surface area is 461 Å². The van der Waals surface area contributed by atoms with E-state index in [0.29, 0.717) is 19.3 Å². The Bertz CT molecular complexity index is 1660. The molecule has 0 saturated heterocycles. The first kappa shape index (κ1) is 70.3. The summed E-state index contributed by atoms with van der Waals surface area (Å²) in [6.07, 6.45) is 88.7. The van der Waals surface area contributed by atoms with Crippen LogP contribution in [0.25, 0.3) is 0 Å². The van der Waals surface area contributed by atoms with Gasteiger partial charge in [0.2, 0.25) is 0 Å². The molecule has 0 aliphatic carbocycles. The van der Waals surface area contributed by atoms with Crippen LogP contribution in [0.4, 0.5) is 0 Å². The smallest absolute Gasteiger partial charge is 0.306 e. The minimum Gasteiger partial charge on any atom is -0.462 e. The summed E-state index contributed by atoms with van der Waals surface area (Å²) in [7, 11) is 0. The summed E-state index contributed by atoms with van der Waals surface area (Å²) in [5.74, 6) is -0.993. The minimum atomic E-state index is -0.812. The molecular weight excluding hydrogens is 925 g/mol. The fraction of sp³-hybridized carbons (Fsp3) is 0.609. The number of hydrogen-bond acceptors (Lipinski definition) is 6. The maximum atomic E-state index is 12.8. The first-order chi connectivity index (χ1) is 37.0. The van der Waals surface area contributed by atoms with Gasteiger partial charge in [-0.15, -0.1) is 0 Å². The molecule has 0 fully saturated rings. The molecule has 0 aromatic heterocycles. The molecule has 0 rings (SSSR count). The van der Waals surface area contributed by atoms with E-state index in [1.165, 1.54) is 77.0 Å². The van der Waals surface area contributed by atoms with Gasteiger partial charge in [0.15, 0.2) is 6.10 Å². The zero-order valence-corrected chi connectivity index (χ0v) is 48.3. The SMILES string of the molecule is CC/C=C\C/C=C\C/C=C\C/C=C\C/C=C\C/C=C\C/C=C\C/C=C\C/C=C\CCCC(=O)OCC(COC(=O)CCCCCCCCC)OC(=O)CCCCCCCC/C=C\C/C=C\C/C=C\CCCCCCC. The Balaban J connectivity index is 4.34. The van der Waals surface area contributed by atoms with Crippen molar-refractivity contribution in [2.75, 3.05) is 13.2 Å². The number of carbonyl (C=O) groups excluding carboxylic acids is 3. The first-order valence-electron chi connectivity index (χ1n) is 30.3. The summed E-state index contributed by atoms with van der Waals surface area (Å²) in [5, 5.41) is 0. The topological polar surface area (TPSA) is 78.9 Å². The van der Waals surface area contributed by atoms with Gasteiger partial charge in [-0.25, -0.2) is 0 Å². The molecule has 0 radical (unpaired) electrons. The number of rotatable bonds is 53. The normalized spacial score (nSPS) is 13.2. The van der Waals surface area contributed by atoms with Crippen LogP contribution in [0.1, 0.15) is 252 Å². The molecule has 6 nitrogen and oxygen atoms in total. The summed E-state index contributed by atoms with van der Waals surface area (Å²) in [5.41, 5.74) is 0. The van der Waals surface area contributed by atoms with Gasteiger partial charge < -0.3 is 14.2 Å². The molecule has 0 aliphatic heterocycles. The third-order valence-electron chi connectivity index (χ3n) is 12.3. The van der Waals surface area contributed by atoms with Crippen LogP contribution in [-0.2, 0) is 28.6 Å². The van der Waals surface area contributed by atoms with Gasteiger partial charge in [-0.2, -0.15) is 0 Å². The van der Waals surface area contributed by atoms with Gasteiger partial charge in [-0.1, -0.05) is 256 Å². The van der Waals surface area contributed by atoms with Crippen molar-refractivity contribution in [3.63, 3.8) is 0 Å². The molecule has 0 saturated carbocycles. The summed E-state index contributed by atoms with van der Waals surface area (Å²) in [6.45, 7) is 6.40. The van der Waals surface area contributed by atoms with Gasteiger partial charge in [-0.05, 0) is 122 Å². The van der Waals surface area contributed by atoms with Crippen molar-refractivity contribution in [3.05, 3.63) is 146 Å². The van der Waals surface area contributed by atoms with E-state index in [0.717, 1.165) is 128 Å². The average molecular weight is 1040 g/mol. The second kappa shape index (κ2) is 61.8. The van der Waals surface area contributed by atoms with Crippen molar-refractivity contribution in [3.8, 4) is 0 Å². The van der Waals surface area contributed by atoms with Crippen LogP contribution in [0.3, 0.4) is 0 Å². The van der Waals surface area contributed by atoms with Crippen LogP contribution >= 0.6 is 0 Å². The third kappa shape index (κ3) is 60.0. The van der Waals surface area contributed by atoms with Gasteiger partial charge >= 0.3 is 17.9 Å². The van der Waals surface area contributed by atoms with Crippen molar-refractivity contribution in [1.29, 1.82) is 0 Å². The highest BCUT2D eigenvalue weighted by atomic mass is 16.6. The van der Waals surface area contributed by atoms with Crippen molar-refractivity contribution >= 4 is 17.9 Å². The van der Waals surface area contributed by atoms with E-state index in [1.54, 1.807) is 0 Å². The largest absolute Gasteiger partial charge is 0.462 e. The van der Waals surface area contributed by atoms with Crippen LogP contribution in [-0.4, -0.2) is 37.2 Å². The van der Waals surface area contributed by atoms with Crippen molar-refractivity contribution in [2.24, 2.45) is 0 Å². The van der Waals surface area contributed by atoms with E-state index in [2.05, 4.69) is 167 Å².